The van der Waals surface area contributed by atoms with E-state index in [-0.39, 0.29) is 17.0 Å². The zero-order valence-corrected chi connectivity index (χ0v) is 8.86. The lowest BCUT2D eigenvalue weighted by molar-refractivity contribution is 0.0324. The molecule has 2 unspecified atom stereocenters. The summed E-state index contributed by atoms with van der Waals surface area (Å²) in [6.45, 7) is 0. The van der Waals surface area contributed by atoms with Gasteiger partial charge in [0.05, 0.1) is 17.5 Å². The minimum atomic E-state index is -1.41. The molecule has 0 fully saturated rings. The Kier molecular flexibility index (Phi) is 4.23. The number of alkyl halides is 1. The molecular weight excluding hydrogens is 239 g/mol. The third kappa shape index (κ3) is 2.91. The number of aromatic carboxylic acids is 1. The number of hydrogen-bond acceptors (Lipinski definition) is 3. The average molecular weight is 249 g/mol. The molecule has 16 heavy (non-hydrogen) atoms. The minimum absolute atomic E-state index is 0.0226. The Bertz CT molecular complexity index is 396. The predicted octanol–water partition coefficient (Wildman–Crippen LogP) is 1.16. The van der Waals surface area contributed by atoms with Crippen LogP contribution in [0.2, 0.25) is 0 Å². The van der Waals surface area contributed by atoms with E-state index < -0.39 is 24.0 Å². The van der Waals surface area contributed by atoms with E-state index in [0.29, 0.717) is 0 Å². The first kappa shape index (κ1) is 12.9. The fourth-order valence-electron chi connectivity index (χ4n) is 1.21. The van der Waals surface area contributed by atoms with Crippen LogP contribution in [0.25, 0.3) is 0 Å². The topological polar surface area (TPSA) is 77.8 Å². The van der Waals surface area contributed by atoms with Gasteiger partial charge in [0, 0.05) is 0 Å². The lowest BCUT2D eigenvalue weighted by Gasteiger charge is -2.16. The summed E-state index contributed by atoms with van der Waals surface area (Å²) in [6.07, 6.45) is -2.68. The number of rotatable bonds is 4. The maximum absolute atomic E-state index is 13.0. The molecule has 3 N–H and O–H groups in total. The van der Waals surface area contributed by atoms with E-state index in [0.717, 1.165) is 18.2 Å². The van der Waals surface area contributed by atoms with Crippen LogP contribution in [0.4, 0.5) is 4.39 Å². The standard InChI is InChI=1S/C10H10ClFO4/c11-4-8(13)9(14)5-1-6(10(15)16)3-7(12)2-5/h1-3,8-9,13-14H,4H2,(H,15,16). The summed E-state index contributed by atoms with van der Waals surface area (Å²) in [5, 5.41) is 27.4. The summed E-state index contributed by atoms with van der Waals surface area (Å²) < 4.78 is 13.0. The van der Waals surface area contributed by atoms with Gasteiger partial charge in [-0.15, -0.1) is 11.6 Å². The van der Waals surface area contributed by atoms with Crippen LogP contribution in [0.5, 0.6) is 0 Å². The molecule has 0 heterocycles. The van der Waals surface area contributed by atoms with Gasteiger partial charge in [-0.1, -0.05) is 0 Å². The minimum Gasteiger partial charge on any atom is -0.478 e. The van der Waals surface area contributed by atoms with Crippen molar-refractivity contribution in [3.8, 4) is 0 Å². The first-order chi connectivity index (χ1) is 7.45. The van der Waals surface area contributed by atoms with E-state index in [1.165, 1.54) is 0 Å². The first-order valence-corrected chi connectivity index (χ1v) is 4.95. The molecule has 0 saturated carbocycles. The Hall–Kier alpha value is -1.17. The molecule has 4 nitrogen and oxygen atoms in total. The molecule has 1 aromatic carbocycles. The fourth-order valence-corrected chi connectivity index (χ4v) is 1.38. The highest BCUT2D eigenvalue weighted by Gasteiger charge is 2.19. The molecule has 0 bridgehead atoms. The lowest BCUT2D eigenvalue weighted by Crippen LogP contribution is -2.20. The molecule has 2 atom stereocenters. The summed E-state index contributed by atoms with van der Waals surface area (Å²) in [7, 11) is 0. The Morgan fingerprint density at radius 1 is 1.38 bits per heavy atom. The van der Waals surface area contributed by atoms with Crippen LogP contribution in [0.1, 0.15) is 22.0 Å². The second-order valence-corrected chi connectivity index (χ2v) is 3.55. The van der Waals surface area contributed by atoms with E-state index in [9.17, 15) is 19.4 Å². The summed E-state index contributed by atoms with van der Waals surface area (Å²) >= 11 is 5.32. The van der Waals surface area contributed by atoms with Crippen molar-refractivity contribution >= 4 is 17.6 Å². The molecule has 88 valence electrons. The van der Waals surface area contributed by atoms with Crippen molar-refractivity contribution in [2.24, 2.45) is 0 Å². The molecule has 0 aliphatic heterocycles. The van der Waals surface area contributed by atoms with Gasteiger partial charge < -0.3 is 15.3 Å². The highest BCUT2D eigenvalue weighted by atomic mass is 35.5. The van der Waals surface area contributed by atoms with Crippen molar-refractivity contribution < 1.29 is 24.5 Å². The number of aliphatic hydroxyl groups is 2. The summed E-state index contributed by atoms with van der Waals surface area (Å²) in [5.41, 5.74) is -0.318. The van der Waals surface area contributed by atoms with E-state index in [4.69, 9.17) is 16.7 Å². The quantitative estimate of drug-likeness (QED) is 0.699. The zero-order valence-electron chi connectivity index (χ0n) is 8.10. The Morgan fingerprint density at radius 3 is 2.50 bits per heavy atom. The number of carbonyl (C=O) groups is 1. The third-order valence-corrected chi connectivity index (χ3v) is 2.35. The van der Waals surface area contributed by atoms with E-state index in [1.54, 1.807) is 0 Å². The smallest absolute Gasteiger partial charge is 0.335 e. The third-order valence-electron chi connectivity index (χ3n) is 2.03. The van der Waals surface area contributed by atoms with Gasteiger partial charge in [-0.2, -0.15) is 0 Å². The summed E-state index contributed by atoms with van der Waals surface area (Å²) in [6, 6.07) is 2.87. The molecule has 0 radical (unpaired) electrons. The maximum Gasteiger partial charge on any atom is 0.335 e. The van der Waals surface area contributed by atoms with E-state index in [2.05, 4.69) is 0 Å². The molecule has 1 aromatic rings. The van der Waals surface area contributed by atoms with Crippen molar-refractivity contribution in [3.05, 3.63) is 35.1 Å². The first-order valence-electron chi connectivity index (χ1n) is 4.41. The van der Waals surface area contributed by atoms with Crippen LogP contribution >= 0.6 is 11.6 Å². The van der Waals surface area contributed by atoms with Gasteiger partial charge >= 0.3 is 5.97 Å². The average Bonchev–Trinajstić information content (AvgIpc) is 2.26. The van der Waals surface area contributed by atoms with Gasteiger partial charge in [-0.3, -0.25) is 0 Å². The van der Waals surface area contributed by atoms with Gasteiger partial charge in [-0.25, -0.2) is 9.18 Å². The van der Waals surface area contributed by atoms with Gasteiger partial charge in [0.2, 0.25) is 0 Å². The zero-order chi connectivity index (χ0) is 12.3. The molecule has 0 spiro atoms. The van der Waals surface area contributed by atoms with Crippen molar-refractivity contribution in [1.82, 2.24) is 0 Å². The summed E-state index contributed by atoms with van der Waals surface area (Å²) in [4.78, 5) is 10.6. The van der Waals surface area contributed by atoms with Crippen LogP contribution in [0.3, 0.4) is 0 Å². The molecule has 0 saturated heterocycles. The monoisotopic (exact) mass is 248 g/mol. The highest BCUT2D eigenvalue weighted by Crippen LogP contribution is 2.20. The number of carboxylic acid groups (broad SMARTS) is 1. The highest BCUT2D eigenvalue weighted by molar-refractivity contribution is 6.18. The van der Waals surface area contributed by atoms with E-state index >= 15 is 0 Å². The Labute approximate surface area is 95.9 Å². The second kappa shape index (κ2) is 5.25. The number of hydrogen-bond donors (Lipinski definition) is 3. The summed E-state index contributed by atoms with van der Waals surface area (Å²) in [5.74, 6) is -2.34. The Morgan fingerprint density at radius 2 is 2.00 bits per heavy atom. The number of carboxylic acids is 1. The van der Waals surface area contributed by atoms with Crippen LogP contribution in [-0.2, 0) is 0 Å². The largest absolute Gasteiger partial charge is 0.478 e. The van der Waals surface area contributed by atoms with Crippen LogP contribution in [0.15, 0.2) is 18.2 Å². The van der Waals surface area contributed by atoms with Gasteiger partial charge in [-0.05, 0) is 23.8 Å². The van der Waals surface area contributed by atoms with Crippen molar-refractivity contribution in [3.63, 3.8) is 0 Å². The van der Waals surface area contributed by atoms with Gasteiger partial charge in [0.15, 0.2) is 0 Å². The number of aliphatic hydroxyl groups excluding tert-OH is 2. The molecule has 0 aromatic heterocycles. The van der Waals surface area contributed by atoms with Crippen molar-refractivity contribution in [1.29, 1.82) is 0 Å². The molecule has 0 aliphatic carbocycles. The number of benzene rings is 1. The SMILES string of the molecule is O=C(O)c1cc(F)cc(C(O)C(O)CCl)c1. The second-order valence-electron chi connectivity index (χ2n) is 3.24. The van der Waals surface area contributed by atoms with Crippen LogP contribution in [-0.4, -0.2) is 33.3 Å². The predicted molar refractivity (Wildman–Crippen MR) is 55.0 cm³/mol. The lowest BCUT2D eigenvalue weighted by atomic mass is 10.0. The van der Waals surface area contributed by atoms with Crippen LogP contribution in [0, 0.1) is 5.82 Å². The molecule has 0 amide bonds. The molecule has 1 rings (SSSR count). The Balaban J connectivity index is 3.09. The normalized spacial score (nSPS) is 14.5. The molecule has 6 heteroatoms. The van der Waals surface area contributed by atoms with Gasteiger partial charge in [0.1, 0.15) is 11.9 Å². The fraction of sp³-hybridized carbons (Fsp3) is 0.300. The van der Waals surface area contributed by atoms with E-state index in [1.807, 2.05) is 0 Å². The van der Waals surface area contributed by atoms with Crippen molar-refractivity contribution in [2.75, 3.05) is 5.88 Å². The van der Waals surface area contributed by atoms with Crippen molar-refractivity contribution in [2.45, 2.75) is 12.2 Å². The maximum atomic E-state index is 13.0. The number of halogens is 2. The molecular formula is C10H10ClFO4. The molecule has 0 aliphatic rings. The van der Waals surface area contributed by atoms with Gasteiger partial charge in [0.25, 0.3) is 0 Å². The van der Waals surface area contributed by atoms with Crippen LogP contribution < -0.4 is 0 Å².